The summed E-state index contributed by atoms with van der Waals surface area (Å²) in [7, 11) is -4.77. The van der Waals surface area contributed by atoms with Crippen molar-refractivity contribution in [3.8, 4) is 0 Å². The van der Waals surface area contributed by atoms with Gasteiger partial charge in [0.15, 0.2) is 6.10 Å². The molecule has 0 aliphatic rings. The van der Waals surface area contributed by atoms with Crippen molar-refractivity contribution in [3.63, 3.8) is 0 Å². The van der Waals surface area contributed by atoms with Crippen LogP contribution in [0.3, 0.4) is 0 Å². The molecular weight excluding hydrogens is 651 g/mol. The zero-order chi connectivity index (χ0) is 36.8. The molecule has 9 heteroatoms. The highest BCUT2D eigenvalue weighted by molar-refractivity contribution is 7.46. The lowest BCUT2D eigenvalue weighted by atomic mass is 10.1. The van der Waals surface area contributed by atoms with Gasteiger partial charge in [0.2, 0.25) is 0 Å². The summed E-state index contributed by atoms with van der Waals surface area (Å²) in [4.78, 5) is 42.7. The van der Waals surface area contributed by atoms with Crippen molar-refractivity contribution in [1.82, 2.24) is 0 Å². The summed E-state index contributed by atoms with van der Waals surface area (Å²) in [5.74, 6) is -0.942. The van der Waals surface area contributed by atoms with Gasteiger partial charge in [-0.15, -0.1) is 0 Å². The molecule has 8 nitrogen and oxygen atoms in total. The predicted octanol–water partition coefficient (Wildman–Crippen LogP) is 11.3. The molecule has 0 radical (unpaired) electrons. The number of allylic oxidation sites excluding steroid dienone is 14. The fourth-order valence-corrected chi connectivity index (χ4v) is 5.03. The molecule has 0 amide bonds. The SMILES string of the molecule is CC/C=C\C/C=C\C/C=C\C/C=C\CCCCCCC(=O)O[C@H](COC(=O)CCCCCCC/C=C\C/C=C\C/C=C\CC)COP(=O)(O)O. The zero-order valence-corrected chi connectivity index (χ0v) is 31.9. The monoisotopic (exact) mass is 718 g/mol. The van der Waals surface area contributed by atoms with Gasteiger partial charge in [0.1, 0.15) is 6.61 Å². The number of ether oxygens (including phenoxy) is 2. The summed E-state index contributed by atoms with van der Waals surface area (Å²) in [6, 6.07) is 0. The average molecular weight is 719 g/mol. The third-order valence-corrected chi connectivity index (χ3v) is 7.89. The molecule has 0 aliphatic heterocycles. The molecule has 50 heavy (non-hydrogen) atoms. The van der Waals surface area contributed by atoms with Crippen LogP contribution < -0.4 is 0 Å². The summed E-state index contributed by atoms with van der Waals surface area (Å²) in [5, 5.41) is 0. The van der Waals surface area contributed by atoms with Gasteiger partial charge in [-0.05, 0) is 83.5 Å². The van der Waals surface area contributed by atoms with Crippen LogP contribution in [0.25, 0.3) is 0 Å². The number of unbranched alkanes of at least 4 members (excludes halogenated alkanes) is 9. The van der Waals surface area contributed by atoms with Gasteiger partial charge in [-0.25, -0.2) is 4.57 Å². The van der Waals surface area contributed by atoms with Crippen molar-refractivity contribution in [2.45, 2.75) is 148 Å². The molecule has 0 aromatic heterocycles. The van der Waals surface area contributed by atoms with E-state index in [0.29, 0.717) is 12.8 Å². The number of phosphoric acid groups is 1. The molecule has 0 heterocycles. The highest BCUT2D eigenvalue weighted by Crippen LogP contribution is 2.36. The van der Waals surface area contributed by atoms with Crippen molar-refractivity contribution in [3.05, 3.63) is 85.1 Å². The molecule has 0 aromatic carbocycles. The fourth-order valence-electron chi connectivity index (χ4n) is 4.67. The summed E-state index contributed by atoms with van der Waals surface area (Å²) in [5.41, 5.74) is 0. The number of rotatable bonds is 33. The molecule has 0 unspecified atom stereocenters. The van der Waals surface area contributed by atoms with E-state index in [9.17, 15) is 14.2 Å². The maximum Gasteiger partial charge on any atom is 0.469 e. The average Bonchev–Trinajstić information content (AvgIpc) is 3.08. The molecule has 2 N–H and O–H groups in total. The second-order valence-corrected chi connectivity index (χ2v) is 13.4. The van der Waals surface area contributed by atoms with Gasteiger partial charge in [-0.1, -0.05) is 131 Å². The van der Waals surface area contributed by atoms with Crippen molar-refractivity contribution < 1.29 is 37.9 Å². The van der Waals surface area contributed by atoms with Gasteiger partial charge in [-0.3, -0.25) is 14.1 Å². The summed E-state index contributed by atoms with van der Waals surface area (Å²) in [6.07, 6.45) is 47.3. The number of esters is 2. The van der Waals surface area contributed by atoms with Crippen LogP contribution in [0.4, 0.5) is 0 Å². The fraction of sp³-hybridized carbons (Fsp3) is 0.610. The summed E-state index contributed by atoms with van der Waals surface area (Å²) in [6.45, 7) is 3.40. The number of carbonyl (C=O) groups is 2. The largest absolute Gasteiger partial charge is 0.469 e. The minimum absolute atomic E-state index is 0.175. The maximum atomic E-state index is 12.4. The molecule has 0 saturated heterocycles. The lowest BCUT2D eigenvalue weighted by molar-refractivity contribution is -0.161. The van der Waals surface area contributed by atoms with Gasteiger partial charge in [0, 0.05) is 12.8 Å². The number of hydrogen-bond donors (Lipinski definition) is 2. The molecule has 0 bridgehead atoms. The third-order valence-electron chi connectivity index (χ3n) is 7.41. The maximum absolute atomic E-state index is 12.4. The van der Waals surface area contributed by atoms with Gasteiger partial charge >= 0.3 is 19.8 Å². The highest BCUT2D eigenvalue weighted by atomic mass is 31.2. The van der Waals surface area contributed by atoms with Gasteiger partial charge in [0.25, 0.3) is 0 Å². The Kier molecular flexibility index (Phi) is 34.0. The van der Waals surface area contributed by atoms with Gasteiger partial charge in [0.05, 0.1) is 6.61 Å². The molecule has 0 fully saturated rings. The van der Waals surface area contributed by atoms with E-state index in [1.807, 2.05) is 0 Å². The lowest BCUT2D eigenvalue weighted by Crippen LogP contribution is -2.29. The van der Waals surface area contributed by atoms with Crippen LogP contribution in [0.1, 0.15) is 142 Å². The quantitative estimate of drug-likeness (QED) is 0.0298. The molecule has 0 aromatic rings. The Labute approximate surface area is 303 Å². The van der Waals surface area contributed by atoms with Crippen molar-refractivity contribution in [2.75, 3.05) is 13.2 Å². The number of hydrogen-bond acceptors (Lipinski definition) is 6. The third kappa shape index (κ3) is 38.0. The standard InChI is InChI=1S/C41H67O8P/c1-3-5-7-9-11-13-15-17-19-20-22-24-26-28-30-32-34-36-41(43)49-39(38-48-50(44,45)46)37-47-40(42)35-33-31-29-27-25-23-21-18-16-14-12-10-8-6-4-2/h5-8,11-14,17-19,21-22,24,39H,3-4,9-10,15-16,20,23,25-38H2,1-2H3,(H2,44,45,46)/b7-5-,8-6-,13-11-,14-12-,19-17-,21-18-,24-22-/t39-/m1/s1. The Morgan fingerprint density at radius 3 is 1.34 bits per heavy atom. The van der Waals surface area contributed by atoms with E-state index in [0.717, 1.165) is 103 Å². The van der Waals surface area contributed by atoms with Crippen LogP contribution in [0.2, 0.25) is 0 Å². The summed E-state index contributed by atoms with van der Waals surface area (Å²) < 4.78 is 26.3. The molecule has 0 aliphatic carbocycles. The molecular formula is C41H67O8P. The van der Waals surface area contributed by atoms with Crippen molar-refractivity contribution in [2.24, 2.45) is 0 Å². The molecule has 1 atom stereocenters. The van der Waals surface area contributed by atoms with Gasteiger partial charge in [-0.2, -0.15) is 0 Å². The van der Waals surface area contributed by atoms with Crippen LogP contribution in [0, 0.1) is 0 Å². The van der Waals surface area contributed by atoms with Crippen LogP contribution in [-0.2, 0) is 28.2 Å². The zero-order valence-electron chi connectivity index (χ0n) is 31.0. The van der Waals surface area contributed by atoms with E-state index < -0.39 is 32.5 Å². The van der Waals surface area contributed by atoms with E-state index in [1.54, 1.807) is 0 Å². The predicted molar refractivity (Wildman–Crippen MR) is 207 cm³/mol. The molecule has 0 rings (SSSR count). The molecule has 0 spiro atoms. The second-order valence-electron chi connectivity index (χ2n) is 12.1. The second kappa shape index (κ2) is 36.0. The lowest BCUT2D eigenvalue weighted by Gasteiger charge is -2.18. The van der Waals surface area contributed by atoms with E-state index in [4.69, 9.17) is 19.3 Å². The molecule has 284 valence electrons. The topological polar surface area (TPSA) is 119 Å². The Morgan fingerprint density at radius 1 is 0.520 bits per heavy atom. The Bertz CT molecular complexity index is 1080. The van der Waals surface area contributed by atoms with E-state index in [1.165, 1.54) is 0 Å². The first kappa shape index (κ1) is 47.2. The first-order valence-corrected chi connectivity index (χ1v) is 20.4. The minimum atomic E-state index is -4.77. The van der Waals surface area contributed by atoms with E-state index in [2.05, 4.69) is 103 Å². The first-order valence-electron chi connectivity index (χ1n) is 18.9. The van der Waals surface area contributed by atoms with E-state index in [-0.39, 0.29) is 19.4 Å². The number of carbonyl (C=O) groups excluding carboxylic acids is 2. The van der Waals surface area contributed by atoms with Crippen LogP contribution in [0.5, 0.6) is 0 Å². The normalized spacial score (nSPS) is 13.4. The summed E-state index contributed by atoms with van der Waals surface area (Å²) >= 11 is 0. The number of phosphoric ester groups is 1. The molecule has 0 saturated carbocycles. The van der Waals surface area contributed by atoms with Crippen LogP contribution in [-0.4, -0.2) is 41.0 Å². The Balaban J connectivity index is 4.07. The van der Waals surface area contributed by atoms with Crippen molar-refractivity contribution in [1.29, 1.82) is 0 Å². The Morgan fingerprint density at radius 2 is 0.900 bits per heavy atom. The minimum Gasteiger partial charge on any atom is -0.462 e. The van der Waals surface area contributed by atoms with Crippen molar-refractivity contribution >= 4 is 19.8 Å². The van der Waals surface area contributed by atoms with Gasteiger partial charge < -0.3 is 19.3 Å². The highest BCUT2D eigenvalue weighted by Gasteiger charge is 2.22. The first-order chi connectivity index (χ1) is 24.3. The van der Waals surface area contributed by atoms with Crippen LogP contribution >= 0.6 is 7.82 Å². The smallest absolute Gasteiger partial charge is 0.462 e. The van der Waals surface area contributed by atoms with E-state index >= 15 is 0 Å². The Hall–Kier alpha value is -2.77. The van der Waals surface area contributed by atoms with Crippen LogP contribution in [0.15, 0.2) is 85.1 Å².